The van der Waals surface area contributed by atoms with Crippen molar-refractivity contribution >= 4 is 23.1 Å². The predicted molar refractivity (Wildman–Crippen MR) is 129 cm³/mol. The van der Waals surface area contributed by atoms with Gasteiger partial charge >= 0.3 is 6.18 Å². The lowest BCUT2D eigenvalue weighted by atomic mass is 9.94. The molecular formula is C25H30F3N5O2. The van der Waals surface area contributed by atoms with Crippen LogP contribution in [0.5, 0.6) is 0 Å². The van der Waals surface area contributed by atoms with Crippen LogP contribution >= 0.6 is 0 Å². The van der Waals surface area contributed by atoms with Gasteiger partial charge in [0.15, 0.2) is 0 Å². The van der Waals surface area contributed by atoms with Crippen molar-refractivity contribution in [3.05, 3.63) is 58.7 Å². The summed E-state index contributed by atoms with van der Waals surface area (Å²) >= 11 is 0. The summed E-state index contributed by atoms with van der Waals surface area (Å²) in [5.41, 5.74) is 8.37. The third-order valence-corrected chi connectivity index (χ3v) is 6.50. The summed E-state index contributed by atoms with van der Waals surface area (Å²) < 4.78 is 44.8. The van der Waals surface area contributed by atoms with E-state index in [9.17, 15) is 18.0 Å². The van der Waals surface area contributed by atoms with E-state index in [1.165, 1.54) is 7.11 Å². The van der Waals surface area contributed by atoms with Crippen LogP contribution in [0.15, 0.2) is 41.4 Å². The van der Waals surface area contributed by atoms with Crippen molar-refractivity contribution in [1.82, 2.24) is 10.2 Å². The Morgan fingerprint density at radius 3 is 2.80 bits per heavy atom. The molecule has 3 atom stereocenters. The number of nitrogens with zero attached hydrogens (tertiary/aromatic N) is 2. The molecule has 10 heteroatoms. The number of amides is 1. The van der Waals surface area contributed by atoms with Crippen LogP contribution in [0, 0.1) is 0 Å². The molecule has 2 heterocycles. The first kappa shape index (κ1) is 25.0. The second kappa shape index (κ2) is 9.87. The van der Waals surface area contributed by atoms with Crippen LogP contribution in [0.2, 0.25) is 0 Å². The minimum atomic E-state index is -4.48. The van der Waals surface area contributed by atoms with Gasteiger partial charge in [0, 0.05) is 49.1 Å². The second-order valence-corrected chi connectivity index (χ2v) is 9.12. The zero-order chi connectivity index (χ0) is 25.3. The Labute approximate surface area is 202 Å². The molecule has 3 unspecified atom stereocenters. The van der Waals surface area contributed by atoms with Crippen LogP contribution in [0.25, 0.3) is 0 Å². The number of hydrogen-bond donors (Lipinski definition) is 3. The number of nitrogens with one attached hydrogen (secondary N) is 2. The minimum Gasteiger partial charge on any atom is -0.399 e. The van der Waals surface area contributed by atoms with Crippen molar-refractivity contribution in [2.75, 3.05) is 37.9 Å². The number of benzene rings is 2. The molecule has 0 radical (unpaired) electrons. The number of halogens is 3. The lowest BCUT2D eigenvalue weighted by Gasteiger charge is -2.29. The number of nitrogen functional groups attached to an aromatic ring is 1. The number of rotatable bonds is 6. The zero-order valence-corrected chi connectivity index (χ0v) is 19.9. The number of nitrogens with two attached hydrogens (primary N) is 1. The first-order chi connectivity index (χ1) is 16.5. The lowest BCUT2D eigenvalue weighted by molar-refractivity contribution is -0.137. The standard InChI is InChI=1S/C25H30F3N5O2/c1-14(18-8-19(25(26,27)28)11-20(29)9-18)30-24-21-10-16(4-5-22(21)31-15(2)32-24)17-6-7-33(12-17)23(34)13-35-3/h4-5,8-11,14,17,24,30H,6-7,12-13,29H2,1-3H3,(H,31,32). The summed E-state index contributed by atoms with van der Waals surface area (Å²) in [6.07, 6.45) is -4.08. The molecule has 4 rings (SSSR count). The third kappa shape index (κ3) is 5.59. The molecule has 1 amide bonds. The highest BCUT2D eigenvalue weighted by atomic mass is 19.4. The van der Waals surface area contributed by atoms with E-state index in [0.717, 1.165) is 35.4 Å². The van der Waals surface area contributed by atoms with Gasteiger partial charge in [-0.15, -0.1) is 0 Å². The van der Waals surface area contributed by atoms with E-state index in [2.05, 4.69) is 21.7 Å². The topological polar surface area (TPSA) is 92.0 Å². The Bertz CT molecular complexity index is 1130. The summed E-state index contributed by atoms with van der Waals surface area (Å²) in [5, 5.41) is 6.62. The Kier molecular flexibility index (Phi) is 7.05. The lowest BCUT2D eigenvalue weighted by Crippen LogP contribution is -2.31. The van der Waals surface area contributed by atoms with Crippen LogP contribution in [-0.2, 0) is 15.7 Å². The van der Waals surface area contributed by atoms with E-state index < -0.39 is 23.9 Å². The zero-order valence-electron chi connectivity index (χ0n) is 19.9. The van der Waals surface area contributed by atoms with E-state index >= 15 is 0 Å². The smallest absolute Gasteiger partial charge is 0.399 e. The van der Waals surface area contributed by atoms with Crippen molar-refractivity contribution < 1.29 is 22.7 Å². The molecule has 2 aliphatic heterocycles. The summed E-state index contributed by atoms with van der Waals surface area (Å²) in [6.45, 7) is 5.00. The van der Waals surface area contributed by atoms with Gasteiger partial charge in [-0.05, 0) is 61.7 Å². The molecule has 1 saturated heterocycles. The normalized spacial score (nSPS) is 20.7. The van der Waals surface area contributed by atoms with Gasteiger partial charge in [0.05, 0.1) is 11.4 Å². The van der Waals surface area contributed by atoms with Crippen molar-refractivity contribution in [2.45, 2.75) is 44.6 Å². The molecule has 2 aromatic carbocycles. The average Bonchev–Trinajstić information content (AvgIpc) is 3.28. The Morgan fingerprint density at radius 1 is 1.31 bits per heavy atom. The van der Waals surface area contributed by atoms with Crippen molar-refractivity contribution in [3.8, 4) is 0 Å². The van der Waals surface area contributed by atoms with Gasteiger partial charge in [-0.2, -0.15) is 13.2 Å². The summed E-state index contributed by atoms with van der Waals surface area (Å²) in [5.74, 6) is 0.869. The maximum atomic E-state index is 13.3. The van der Waals surface area contributed by atoms with E-state index in [0.29, 0.717) is 24.5 Å². The number of methoxy groups -OCH3 is 1. The van der Waals surface area contributed by atoms with Crippen LogP contribution in [0.3, 0.4) is 0 Å². The van der Waals surface area contributed by atoms with Gasteiger partial charge in [-0.3, -0.25) is 10.1 Å². The number of aliphatic imine (C=N–C) groups is 1. The minimum absolute atomic E-state index is 0.0245. The van der Waals surface area contributed by atoms with Crippen LogP contribution in [0.4, 0.5) is 24.5 Å². The SMILES string of the molecule is COCC(=O)N1CCC(c2ccc3c(c2)C(NC(C)c2cc(N)cc(C(F)(F)F)c2)N=C(C)N3)C1. The maximum absolute atomic E-state index is 13.3. The molecule has 7 nitrogen and oxygen atoms in total. The van der Waals surface area contributed by atoms with Gasteiger partial charge in [-0.1, -0.05) is 6.07 Å². The highest BCUT2D eigenvalue weighted by Crippen LogP contribution is 2.37. The molecule has 0 aromatic heterocycles. The third-order valence-electron chi connectivity index (χ3n) is 6.50. The molecule has 0 spiro atoms. The van der Waals surface area contributed by atoms with Crippen LogP contribution in [0.1, 0.15) is 60.6 Å². The number of carbonyl (C=O) groups excluding carboxylic acids is 1. The number of likely N-dealkylation sites (tertiary alicyclic amines) is 1. The van der Waals surface area contributed by atoms with Crippen molar-refractivity contribution in [2.24, 2.45) is 4.99 Å². The van der Waals surface area contributed by atoms with Gasteiger partial charge in [0.1, 0.15) is 12.8 Å². The molecule has 188 valence electrons. The fraction of sp³-hybridized carbons (Fsp3) is 0.440. The largest absolute Gasteiger partial charge is 0.416 e. The molecule has 1 fully saturated rings. The molecule has 4 N–H and O–H groups in total. The van der Waals surface area contributed by atoms with E-state index in [1.54, 1.807) is 13.0 Å². The van der Waals surface area contributed by atoms with Crippen LogP contribution < -0.4 is 16.4 Å². The molecule has 0 saturated carbocycles. The number of anilines is 2. The number of fused-ring (bicyclic) bond motifs is 1. The fourth-order valence-corrected chi connectivity index (χ4v) is 4.69. The number of ether oxygens (including phenoxy) is 1. The number of amidine groups is 1. The predicted octanol–water partition coefficient (Wildman–Crippen LogP) is 4.44. The highest BCUT2D eigenvalue weighted by molar-refractivity contribution is 5.96. The number of alkyl halides is 3. The van der Waals surface area contributed by atoms with E-state index in [1.807, 2.05) is 24.0 Å². The Hall–Kier alpha value is -3.11. The molecule has 35 heavy (non-hydrogen) atoms. The summed E-state index contributed by atoms with van der Waals surface area (Å²) in [7, 11) is 1.51. The molecule has 2 aliphatic rings. The quantitative estimate of drug-likeness (QED) is 0.522. The first-order valence-electron chi connectivity index (χ1n) is 11.5. The summed E-state index contributed by atoms with van der Waals surface area (Å²) in [4.78, 5) is 18.7. The number of hydrogen-bond acceptors (Lipinski definition) is 6. The molecule has 0 bridgehead atoms. The van der Waals surface area contributed by atoms with E-state index in [4.69, 9.17) is 10.5 Å². The summed E-state index contributed by atoms with van der Waals surface area (Å²) in [6, 6.07) is 9.27. The highest BCUT2D eigenvalue weighted by Gasteiger charge is 2.32. The maximum Gasteiger partial charge on any atom is 0.416 e. The Balaban J connectivity index is 1.56. The first-order valence-corrected chi connectivity index (χ1v) is 11.5. The second-order valence-electron chi connectivity index (χ2n) is 9.12. The Morgan fingerprint density at radius 2 is 2.09 bits per heavy atom. The van der Waals surface area contributed by atoms with Gasteiger partial charge in [0.2, 0.25) is 5.91 Å². The van der Waals surface area contributed by atoms with Gasteiger partial charge in [-0.25, -0.2) is 4.99 Å². The molecular weight excluding hydrogens is 459 g/mol. The van der Waals surface area contributed by atoms with Crippen molar-refractivity contribution in [1.29, 1.82) is 0 Å². The van der Waals surface area contributed by atoms with E-state index in [-0.39, 0.29) is 24.1 Å². The van der Waals surface area contributed by atoms with Gasteiger partial charge in [0.25, 0.3) is 0 Å². The average molecular weight is 490 g/mol. The molecule has 0 aliphatic carbocycles. The van der Waals surface area contributed by atoms with Gasteiger partial charge < -0.3 is 20.7 Å². The van der Waals surface area contributed by atoms with Crippen LogP contribution in [-0.4, -0.2) is 43.4 Å². The monoisotopic (exact) mass is 489 g/mol. The molecule has 2 aromatic rings. The fourth-order valence-electron chi connectivity index (χ4n) is 4.69. The number of carbonyl (C=O) groups is 1. The van der Waals surface area contributed by atoms with Crippen molar-refractivity contribution in [3.63, 3.8) is 0 Å².